The zero-order chi connectivity index (χ0) is 18.0. The molecule has 0 aromatic heterocycles. The van der Waals surface area contributed by atoms with Crippen LogP contribution >= 0.6 is 0 Å². The van der Waals surface area contributed by atoms with Gasteiger partial charge in [-0.05, 0) is 56.8 Å². The highest BCUT2D eigenvalue weighted by Gasteiger charge is 2.35. The second-order valence-electron chi connectivity index (χ2n) is 8.91. The number of unbranched alkanes of at least 4 members (excludes halogenated alkanes) is 3. The molecule has 144 valence electrons. The Morgan fingerprint density at radius 2 is 1.52 bits per heavy atom. The molecule has 0 heterocycles. The Bertz CT molecular complexity index is 383. The Hall–Kier alpha value is -0.550. The zero-order valence-electron chi connectivity index (χ0n) is 16.9. The van der Waals surface area contributed by atoms with E-state index in [2.05, 4.69) is 19.9 Å². The molecule has 0 aliphatic heterocycles. The molecule has 0 bridgehead atoms. The maximum atomic E-state index is 9.60. The first-order valence-electron chi connectivity index (χ1n) is 11.2. The van der Waals surface area contributed by atoms with Gasteiger partial charge in [-0.1, -0.05) is 65.2 Å². The lowest BCUT2D eigenvalue weighted by Gasteiger charge is -2.36. The van der Waals surface area contributed by atoms with Crippen molar-refractivity contribution in [3.05, 3.63) is 0 Å². The second kappa shape index (κ2) is 11.2. The van der Waals surface area contributed by atoms with E-state index in [1.54, 1.807) is 0 Å². The van der Waals surface area contributed by atoms with Gasteiger partial charge in [-0.2, -0.15) is 5.26 Å². The summed E-state index contributed by atoms with van der Waals surface area (Å²) in [5.74, 6) is 1.79. The molecule has 2 fully saturated rings. The van der Waals surface area contributed by atoms with Crippen molar-refractivity contribution in [2.24, 2.45) is 17.3 Å². The minimum absolute atomic E-state index is 0.0353. The van der Waals surface area contributed by atoms with Crippen LogP contribution in [0.25, 0.3) is 0 Å². The lowest BCUT2D eigenvalue weighted by molar-refractivity contribution is -0.0184. The smallest absolute Gasteiger partial charge is 0.0689 e. The predicted octanol–water partition coefficient (Wildman–Crippen LogP) is 7.03. The van der Waals surface area contributed by atoms with E-state index in [9.17, 15) is 5.26 Å². The van der Waals surface area contributed by atoms with Crippen LogP contribution in [-0.4, -0.2) is 12.7 Å². The molecule has 0 aromatic rings. The van der Waals surface area contributed by atoms with Gasteiger partial charge in [0.1, 0.15) is 0 Å². The summed E-state index contributed by atoms with van der Waals surface area (Å²) in [5.41, 5.74) is -0.0353. The third-order valence-electron chi connectivity index (χ3n) is 6.89. The van der Waals surface area contributed by atoms with Crippen LogP contribution in [0.1, 0.15) is 110 Å². The van der Waals surface area contributed by atoms with E-state index in [0.717, 1.165) is 50.5 Å². The van der Waals surface area contributed by atoms with Gasteiger partial charge in [-0.25, -0.2) is 0 Å². The highest BCUT2D eigenvalue weighted by molar-refractivity contribution is 5.01. The molecule has 25 heavy (non-hydrogen) atoms. The standard InChI is InChI=1S/C23H41NO/c1-3-5-7-8-20-9-11-21(12-10-20)18-25-22-13-16-23(19-24,17-14-22)15-6-4-2/h20-22H,3-18H2,1-2H3. The first kappa shape index (κ1) is 20.8. The van der Waals surface area contributed by atoms with Crippen LogP contribution in [0, 0.1) is 28.6 Å². The van der Waals surface area contributed by atoms with Crippen LogP contribution in [0.5, 0.6) is 0 Å². The molecule has 0 aromatic carbocycles. The van der Waals surface area contributed by atoms with Gasteiger partial charge in [0, 0.05) is 6.61 Å². The molecule has 0 amide bonds. The van der Waals surface area contributed by atoms with Gasteiger partial charge in [-0.3, -0.25) is 0 Å². The average molecular weight is 348 g/mol. The SMILES string of the molecule is CCCCCC1CCC(COC2CCC(C#N)(CCCC)CC2)CC1. The molecule has 2 heteroatoms. The zero-order valence-corrected chi connectivity index (χ0v) is 16.9. The summed E-state index contributed by atoms with van der Waals surface area (Å²) in [6.07, 6.45) is 19.5. The molecule has 0 radical (unpaired) electrons. The molecule has 2 aliphatic rings. The highest BCUT2D eigenvalue weighted by Crippen LogP contribution is 2.41. The maximum absolute atomic E-state index is 9.60. The van der Waals surface area contributed by atoms with Crippen molar-refractivity contribution < 1.29 is 4.74 Å². The Morgan fingerprint density at radius 3 is 2.12 bits per heavy atom. The van der Waals surface area contributed by atoms with Crippen LogP contribution in [0.2, 0.25) is 0 Å². The van der Waals surface area contributed by atoms with Crippen molar-refractivity contribution in [1.29, 1.82) is 5.26 Å². The number of nitriles is 1. The van der Waals surface area contributed by atoms with E-state index in [-0.39, 0.29) is 5.41 Å². The highest BCUT2D eigenvalue weighted by atomic mass is 16.5. The molecule has 0 N–H and O–H groups in total. The first-order valence-corrected chi connectivity index (χ1v) is 11.2. The van der Waals surface area contributed by atoms with Gasteiger partial charge in [0.15, 0.2) is 0 Å². The summed E-state index contributed by atoms with van der Waals surface area (Å²) in [5, 5.41) is 9.60. The van der Waals surface area contributed by atoms with E-state index >= 15 is 0 Å². The molecular formula is C23H41NO. The molecule has 0 spiro atoms. The maximum Gasteiger partial charge on any atom is 0.0689 e. The van der Waals surface area contributed by atoms with Crippen molar-refractivity contribution in [3.63, 3.8) is 0 Å². The van der Waals surface area contributed by atoms with E-state index in [1.807, 2.05) is 0 Å². The van der Waals surface area contributed by atoms with Crippen LogP contribution in [0.4, 0.5) is 0 Å². The summed E-state index contributed by atoms with van der Waals surface area (Å²) in [6.45, 7) is 5.49. The fourth-order valence-electron chi connectivity index (χ4n) is 4.89. The monoisotopic (exact) mass is 347 g/mol. The van der Waals surface area contributed by atoms with Gasteiger partial charge in [-0.15, -0.1) is 0 Å². The van der Waals surface area contributed by atoms with Gasteiger partial charge in [0.25, 0.3) is 0 Å². The lowest BCUT2D eigenvalue weighted by atomic mass is 9.71. The minimum atomic E-state index is -0.0353. The molecule has 0 saturated heterocycles. The fourth-order valence-corrected chi connectivity index (χ4v) is 4.89. The van der Waals surface area contributed by atoms with Crippen LogP contribution < -0.4 is 0 Å². The van der Waals surface area contributed by atoms with Crippen molar-refractivity contribution >= 4 is 0 Å². The normalized spacial score (nSPS) is 33.1. The summed E-state index contributed by atoms with van der Waals surface area (Å²) in [6, 6.07) is 2.65. The van der Waals surface area contributed by atoms with E-state index in [0.29, 0.717) is 6.10 Å². The summed E-state index contributed by atoms with van der Waals surface area (Å²) < 4.78 is 6.29. The van der Waals surface area contributed by atoms with Crippen LogP contribution in [-0.2, 0) is 4.74 Å². The van der Waals surface area contributed by atoms with Gasteiger partial charge < -0.3 is 4.74 Å². The Kier molecular flexibility index (Phi) is 9.32. The lowest BCUT2D eigenvalue weighted by Crippen LogP contribution is -2.31. The van der Waals surface area contributed by atoms with Crippen molar-refractivity contribution in [2.75, 3.05) is 6.61 Å². The van der Waals surface area contributed by atoms with E-state index in [4.69, 9.17) is 4.74 Å². The summed E-state index contributed by atoms with van der Waals surface area (Å²) in [4.78, 5) is 0. The third-order valence-corrected chi connectivity index (χ3v) is 6.89. The Balaban J connectivity index is 1.60. The van der Waals surface area contributed by atoms with Gasteiger partial charge in [0.05, 0.1) is 17.6 Å². The molecule has 0 atom stereocenters. The molecule has 0 unspecified atom stereocenters. The molecule has 2 aliphatic carbocycles. The quantitative estimate of drug-likeness (QED) is 0.397. The van der Waals surface area contributed by atoms with Crippen molar-refractivity contribution in [3.8, 4) is 6.07 Å². The van der Waals surface area contributed by atoms with Crippen LogP contribution in [0.15, 0.2) is 0 Å². The Labute approximate surface area is 156 Å². The Morgan fingerprint density at radius 1 is 0.880 bits per heavy atom. The molecule has 2 saturated carbocycles. The number of nitrogens with zero attached hydrogens (tertiary/aromatic N) is 1. The summed E-state index contributed by atoms with van der Waals surface area (Å²) in [7, 11) is 0. The predicted molar refractivity (Wildman–Crippen MR) is 105 cm³/mol. The third kappa shape index (κ3) is 6.93. The largest absolute Gasteiger partial charge is 0.378 e. The van der Waals surface area contributed by atoms with Gasteiger partial charge >= 0.3 is 0 Å². The van der Waals surface area contributed by atoms with Crippen molar-refractivity contribution in [1.82, 2.24) is 0 Å². The number of hydrogen-bond acceptors (Lipinski definition) is 2. The number of ether oxygens (including phenoxy) is 1. The van der Waals surface area contributed by atoms with E-state index < -0.39 is 0 Å². The molecule has 2 rings (SSSR count). The number of rotatable bonds is 10. The molecular weight excluding hydrogens is 306 g/mol. The van der Waals surface area contributed by atoms with E-state index in [1.165, 1.54) is 64.2 Å². The first-order chi connectivity index (χ1) is 12.2. The average Bonchev–Trinajstić information content (AvgIpc) is 2.67. The minimum Gasteiger partial charge on any atom is -0.378 e. The van der Waals surface area contributed by atoms with Gasteiger partial charge in [0.2, 0.25) is 0 Å². The van der Waals surface area contributed by atoms with Crippen molar-refractivity contribution in [2.45, 2.75) is 116 Å². The fraction of sp³-hybridized carbons (Fsp3) is 0.957. The summed E-state index contributed by atoms with van der Waals surface area (Å²) >= 11 is 0. The topological polar surface area (TPSA) is 33.0 Å². The second-order valence-corrected chi connectivity index (χ2v) is 8.91. The molecule has 2 nitrogen and oxygen atoms in total. The number of hydrogen-bond donors (Lipinski definition) is 0. The van der Waals surface area contributed by atoms with Crippen LogP contribution in [0.3, 0.4) is 0 Å².